The maximum Gasteiger partial charge on any atom is 0.314 e. The van der Waals surface area contributed by atoms with Crippen molar-refractivity contribution in [1.82, 2.24) is 5.32 Å². The minimum Gasteiger partial charge on any atom is -0.469 e. The second kappa shape index (κ2) is 6.21. The van der Waals surface area contributed by atoms with E-state index in [0.717, 1.165) is 24.9 Å². The van der Waals surface area contributed by atoms with E-state index in [1.807, 2.05) is 24.3 Å². The van der Waals surface area contributed by atoms with Crippen LogP contribution in [0.5, 0.6) is 0 Å². The molecule has 2 rings (SSSR count). The molecule has 98 valence electrons. The molecule has 0 radical (unpaired) electrons. The minimum atomic E-state index is -0.269. The first-order chi connectivity index (χ1) is 8.72. The third-order valence-electron chi connectivity index (χ3n) is 3.41. The topological polar surface area (TPSA) is 38.3 Å². The molecule has 0 aliphatic carbocycles. The van der Waals surface area contributed by atoms with Crippen LogP contribution in [-0.2, 0) is 9.53 Å². The molecular weight excluding hydrogens is 250 g/mol. The normalized spacial score (nSPS) is 21.3. The first-order valence-electron chi connectivity index (χ1n) is 6.29. The Labute approximate surface area is 112 Å². The molecule has 1 aromatic carbocycles. The van der Waals surface area contributed by atoms with E-state index in [1.165, 1.54) is 13.5 Å². The number of esters is 1. The number of hydrogen-bond acceptors (Lipinski definition) is 3. The van der Waals surface area contributed by atoms with Gasteiger partial charge in [-0.1, -0.05) is 30.2 Å². The van der Waals surface area contributed by atoms with Crippen LogP contribution >= 0.6 is 11.6 Å². The predicted octanol–water partition coefficient (Wildman–Crippen LogP) is 2.74. The van der Waals surface area contributed by atoms with Crippen molar-refractivity contribution in [2.45, 2.75) is 31.2 Å². The number of piperidine rings is 1. The maximum atomic E-state index is 12.0. The smallest absolute Gasteiger partial charge is 0.314 e. The van der Waals surface area contributed by atoms with Crippen LogP contribution in [0.25, 0.3) is 0 Å². The number of hydrogen-bond donors (Lipinski definition) is 1. The number of rotatable bonds is 3. The molecule has 4 heteroatoms. The molecule has 1 N–H and O–H groups in total. The third kappa shape index (κ3) is 3.03. The van der Waals surface area contributed by atoms with Crippen molar-refractivity contribution >= 4 is 17.6 Å². The van der Waals surface area contributed by atoms with Gasteiger partial charge in [-0.3, -0.25) is 4.79 Å². The molecule has 0 bridgehead atoms. The molecule has 0 saturated carbocycles. The van der Waals surface area contributed by atoms with E-state index in [0.29, 0.717) is 5.02 Å². The van der Waals surface area contributed by atoms with E-state index in [9.17, 15) is 4.79 Å². The molecule has 0 aromatic heterocycles. The summed E-state index contributed by atoms with van der Waals surface area (Å²) >= 11 is 6.00. The Morgan fingerprint density at radius 3 is 2.94 bits per heavy atom. The second-order valence-electron chi connectivity index (χ2n) is 4.61. The SMILES string of the molecule is COC(=O)[C@@H](c1cccc(Cl)c1)C1CCCCN1. The first-order valence-corrected chi connectivity index (χ1v) is 6.67. The summed E-state index contributed by atoms with van der Waals surface area (Å²) in [6, 6.07) is 7.61. The molecule has 1 aliphatic heterocycles. The molecule has 1 saturated heterocycles. The second-order valence-corrected chi connectivity index (χ2v) is 5.05. The lowest BCUT2D eigenvalue weighted by atomic mass is 9.86. The highest BCUT2D eigenvalue weighted by Crippen LogP contribution is 2.28. The quantitative estimate of drug-likeness (QED) is 0.856. The van der Waals surface area contributed by atoms with Crippen molar-refractivity contribution in [1.29, 1.82) is 0 Å². The fourth-order valence-corrected chi connectivity index (χ4v) is 2.72. The Bertz CT molecular complexity index is 416. The van der Waals surface area contributed by atoms with E-state index in [-0.39, 0.29) is 17.9 Å². The van der Waals surface area contributed by atoms with Crippen molar-refractivity contribution in [3.05, 3.63) is 34.9 Å². The largest absolute Gasteiger partial charge is 0.469 e. The van der Waals surface area contributed by atoms with E-state index in [4.69, 9.17) is 16.3 Å². The highest BCUT2D eigenvalue weighted by atomic mass is 35.5. The summed E-state index contributed by atoms with van der Waals surface area (Å²) in [6.45, 7) is 0.957. The monoisotopic (exact) mass is 267 g/mol. The fraction of sp³-hybridized carbons (Fsp3) is 0.500. The Hall–Kier alpha value is -1.06. The van der Waals surface area contributed by atoms with Crippen LogP contribution in [0, 0.1) is 0 Å². The van der Waals surface area contributed by atoms with Gasteiger partial charge in [0, 0.05) is 11.1 Å². The summed E-state index contributed by atoms with van der Waals surface area (Å²) in [7, 11) is 1.43. The molecule has 1 fully saturated rings. The van der Waals surface area contributed by atoms with Crippen LogP contribution in [-0.4, -0.2) is 25.7 Å². The molecule has 1 heterocycles. The summed E-state index contributed by atoms with van der Waals surface area (Å²) in [6.07, 6.45) is 3.30. The van der Waals surface area contributed by atoms with Gasteiger partial charge in [-0.05, 0) is 37.1 Å². The lowest BCUT2D eigenvalue weighted by Crippen LogP contribution is -2.42. The van der Waals surface area contributed by atoms with Gasteiger partial charge in [0.1, 0.15) is 0 Å². The number of halogens is 1. The lowest BCUT2D eigenvalue weighted by Gasteiger charge is -2.30. The number of benzene rings is 1. The van der Waals surface area contributed by atoms with Crippen molar-refractivity contribution in [2.24, 2.45) is 0 Å². The third-order valence-corrected chi connectivity index (χ3v) is 3.65. The summed E-state index contributed by atoms with van der Waals surface area (Å²) < 4.78 is 4.94. The van der Waals surface area contributed by atoms with Crippen molar-refractivity contribution in [3.63, 3.8) is 0 Å². The molecule has 0 amide bonds. The van der Waals surface area contributed by atoms with E-state index in [2.05, 4.69) is 5.32 Å². The molecule has 2 atom stereocenters. The van der Waals surface area contributed by atoms with Gasteiger partial charge in [-0.15, -0.1) is 0 Å². The molecular formula is C14H18ClNO2. The molecule has 1 aliphatic rings. The first kappa shape index (κ1) is 13.4. The zero-order valence-corrected chi connectivity index (χ0v) is 11.2. The standard InChI is InChI=1S/C14H18ClNO2/c1-18-14(17)13(12-7-2-3-8-16-12)10-5-4-6-11(15)9-10/h4-6,9,12-13,16H,2-3,7-8H2,1H3/t12?,13-/m0/s1. The Morgan fingerprint density at radius 2 is 2.33 bits per heavy atom. The van der Waals surface area contributed by atoms with Gasteiger partial charge < -0.3 is 10.1 Å². The van der Waals surface area contributed by atoms with Gasteiger partial charge in [0.05, 0.1) is 13.0 Å². The Balaban J connectivity index is 2.26. The van der Waals surface area contributed by atoms with Gasteiger partial charge in [0.15, 0.2) is 0 Å². The lowest BCUT2D eigenvalue weighted by molar-refractivity contribution is -0.143. The number of carbonyl (C=O) groups is 1. The zero-order valence-electron chi connectivity index (χ0n) is 10.5. The van der Waals surface area contributed by atoms with E-state index in [1.54, 1.807) is 0 Å². The number of methoxy groups -OCH3 is 1. The average Bonchev–Trinajstić information content (AvgIpc) is 2.40. The summed E-state index contributed by atoms with van der Waals surface area (Å²) in [4.78, 5) is 12.0. The molecule has 18 heavy (non-hydrogen) atoms. The molecule has 1 unspecified atom stereocenters. The zero-order chi connectivity index (χ0) is 13.0. The van der Waals surface area contributed by atoms with Crippen LogP contribution in [0.3, 0.4) is 0 Å². The van der Waals surface area contributed by atoms with E-state index < -0.39 is 0 Å². The molecule has 3 nitrogen and oxygen atoms in total. The molecule has 0 spiro atoms. The summed E-state index contributed by atoms with van der Waals surface area (Å²) in [5, 5.41) is 4.06. The average molecular weight is 268 g/mol. The highest BCUT2D eigenvalue weighted by Gasteiger charge is 2.31. The van der Waals surface area contributed by atoms with Crippen LogP contribution in [0.1, 0.15) is 30.7 Å². The fourth-order valence-electron chi connectivity index (χ4n) is 2.52. The van der Waals surface area contributed by atoms with Gasteiger partial charge in [-0.25, -0.2) is 0 Å². The van der Waals surface area contributed by atoms with Gasteiger partial charge in [0.25, 0.3) is 0 Å². The number of nitrogens with one attached hydrogen (secondary N) is 1. The molecule has 1 aromatic rings. The predicted molar refractivity (Wildman–Crippen MR) is 71.9 cm³/mol. The Morgan fingerprint density at radius 1 is 1.50 bits per heavy atom. The number of ether oxygens (including phenoxy) is 1. The van der Waals surface area contributed by atoms with Crippen molar-refractivity contribution < 1.29 is 9.53 Å². The highest BCUT2D eigenvalue weighted by molar-refractivity contribution is 6.30. The van der Waals surface area contributed by atoms with Gasteiger partial charge in [-0.2, -0.15) is 0 Å². The van der Waals surface area contributed by atoms with Crippen LogP contribution in [0.15, 0.2) is 24.3 Å². The number of carbonyl (C=O) groups excluding carboxylic acids is 1. The van der Waals surface area contributed by atoms with Crippen molar-refractivity contribution in [2.75, 3.05) is 13.7 Å². The minimum absolute atomic E-state index is 0.143. The van der Waals surface area contributed by atoms with Gasteiger partial charge in [0.2, 0.25) is 0 Å². The summed E-state index contributed by atoms with van der Waals surface area (Å²) in [5.41, 5.74) is 0.925. The van der Waals surface area contributed by atoms with Gasteiger partial charge >= 0.3 is 5.97 Å². The van der Waals surface area contributed by atoms with Crippen LogP contribution < -0.4 is 5.32 Å². The van der Waals surface area contributed by atoms with Crippen LogP contribution in [0.2, 0.25) is 5.02 Å². The summed E-state index contributed by atoms with van der Waals surface area (Å²) in [5.74, 6) is -0.467. The maximum absolute atomic E-state index is 12.0. The van der Waals surface area contributed by atoms with Crippen molar-refractivity contribution in [3.8, 4) is 0 Å². The van der Waals surface area contributed by atoms with E-state index >= 15 is 0 Å². The van der Waals surface area contributed by atoms with Crippen LogP contribution in [0.4, 0.5) is 0 Å². The Kier molecular flexibility index (Phi) is 4.61.